The van der Waals surface area contributed by atoms with Crippen LogP contribution in [0.4, 0.5) is 4.39 Å². The fourth-order valence-corrected chi connectivity index (χ4v) is 1.61. The summed E-state index contributed by atoms with van der Waals surface area (Å²) in [6.07, 6.45) is 14.7. The van der Waals surface area contributed by atoms with Gasteiger partial charge in [0.15, 0.2) is 0 Å². The fraction of sp³-hybridized carbons (Fsp3) is 0.923. The summed E-state index contributed by atoms with van der Waals surface area (Å²) in [5.41, 5.74) is 0. The molecule has 0 aromatic heterocycles. The molecular formula is C13H26F. The molecule has 0 aliphatic carbocycles. The van der Waals surface area contributed by atoms with Crippen molar-refractivity contribution in [1.29, 1.82) is 0 Å². The molecule has 0 aromatic rings. The summed E-state index contributed by atoms with van der Waals surface area (Å²) < 4.78 is 11.7. The van der Waals surface area contributed by atoms with E-state index in [4.69, 9.17) is 0 Å². The average molecular weight is 201 g/mol. The number of rotatable bonds is 11. The highest BCUT2D eigenvalue weighted by Crippen LogP contribution is 2.10. The topological polar surface area (TPSA) is 0 Å². The SMILES string of the molecule is CCCCCCCCC[CH]CCCF. The van der Waals surface area contributed by atoms with Crippen LogP contribution in [0.2, 0.25) is 0 Å². The van der Waals surface area contributed by atoms with Gasteiger partial charge in [-0.15, -0.1) is 0 Å². The normalized spacial score (nSPS) is 10.7. The molecule has 0 spiro atoms. The Morgan fingerprint density at radius 3 is 2.00 bits per heavy atom. The van der Waals surface area contributed by atoms with Gasteiger partial charge in [0, 0.05) is 0 Å². The zero-order valence-electron chi connectivity index (χ0n) is 9.73. The summed E-state index contributed by atoms with van der Waals surface area (Å²) in [6.45, 7) is 2.09. The minimum atomic E-state index is -0.159. The minimum absolute atomic E-state index is 0.159. The van der Waals surface area contributed by atoms with E-state index in [0.717, 1.165) is 12.8 Å². The predicted octanol–water partition coefficient (Wildman–Crippen LogP) is 5.08. The van der Waals surface area contributed by atoms with Gasteiger partial charge in [-0.25, -0.2) is 0 Å². The molecule has 85 valence electrons. The lowest BCUT2D eigenvalue weighted by atomic mass is 10.1. The van der Waals surface area contributed by atoms with E-state index in [1.165, 1.54) is 51.4 Å². The first-order valence-electron chi connectivity index (χ1n) is 6.29. The van der Waals surface area contributed by atoms with Crippen molar-refractivity contribution >= 4 is 0 Å². The zero-order chi connectivity index (χ0) is 10.5. The molecule has 1 radical (unpaired) electrons. The van der Waals surface area contributed by atoms with Crippen molar-refractivity contribution in [3.8, 4) is 0 Å². The highest BCUT2D eigenvalue weighted by Gasteiger charge is 1.92. The molecule has 0 rings (SSSR count). The molecule has 1 heteroatoms. The third kappa shape index (κ3) is 11.9. The number of hydrogen-bond acceptors (Lipinski definition) is 0. The van der Waals surface area contributed by atoms with E-state index in [9.17, 15) is 4.39 Å². The summed E-state index contributed by atoms with van der Waals surface area (Å²) in [4.78, 5) is 0. The maximum absolute atomic E-state index is 11.7. The predicted molar refractivity (Wildman–Crippen MR) is 62.1 cm³/mol. The van der Waals surface area contributed by atoms with Crippen LogP contribution in [0.25, 0.3) is 0 Å². The second-order valence-electron chi connectivity index (χ2n) is 4.03. The molecule has 0 atom stereocenters. The molecule has 0 nitrogen and oxygen atoms in total. The largest absolute Gasteiger partial charge is 0.251 e. The van der Waals surface area contributed by atoms with E-state index >= 15 is 0 Å². The van der Waals surface area contributed by atoms with Crippen molar-refractivity contribution in [1.82, 2.24) is 0 Å². The summed E-state index contributed by atoms with van der Waals surface area (Å²) in [7, 11) is 0. The second-order valence-corrected chi connectivity index (χ2v) is 4.03. The van der Waals surface area contributed by atoms with E-state index in [2.05, 4.69) is 13.3 Å². The van der Waals surface area contributed by atoms with Gasteiger partial charge in [0.05, 0.1) is 6.67 Å². The summed E-state index contributed by atoms with van der Waals surface area (Å²) in [6, 6.07) is 0. The van der Waals surface area contributed by atoms with E-state index in [0.29, 0.717) is 0 Å². The molecule has 0 fully saturated rings. The first-order chi connectivity index (χ1) is 6.91. The molecular weight excluding hydrogens is 175 g/mol. The quantitative estimate of drug-likeness (QED) is 0.409. The zero-order valence-corrected chi connectivity index (χ0v) is 9.73. The molecule has 0 bridgehead atoms. The van der Waals surface area contributed by atoms with Crippen molar-refractivity contribution in [2.75, 3.05) is 6.67 Å². The Bertz CT molecular complexity index is 79.2. The molecule has 0 aliphatic heterocycles. The standard InChI is InChI=1S/C13H26F/c1-2-3-4-5-6-7-8-9-10-11-12-13-14/h10H,2-9,11-13H2,1H3. The first kappa shape index (κ1) is 13.9. The Balaban J connectivity index is 2.78. The number of alkyl halides is 1. The Hall–Kier alpha value is -0.0700. The first-order valence-corrected chi connectivity index (χ1v) is 6.29. The number of hydrogen-bond donors (Lipinski definition) is 0. The summed E-state index contributed by atoms with van der Waals surface area (Å²) in [5, 5.41) is 0. The van der Waals surface area contributed by atoms with Gasteiger partial charge in [0.25, 0.3) is 0 Å². The van der Waals surface area contributed by atoms with E-state index < -0.39 is 0 Å². The Morgan fingerprint density at radius 2 is 1.36 bits per heavy atom. The maximum Gasteiger partial charge on any atom is 0.0894 e. The van der Waals surface area contributed by atoms with Gasteiger partial charge in [0.1, 0.15) is 0 Å². The molecule has 14 heavy (non-hydrogen) atoms. The molecule has 0 heterocycles. The van der Waals surface area contributed by atoms with Gasteiger partial charge in [-0.05, 0) is 19.3 Å². The van der Waals surface area contributed by atoms with Crippen LogP contribution in [0.1, 0.15) is 71.1 Å². The molecule has 0 saturated heterocycles. The lowest BCUT2D eigenvalue weighted by Gasteiger charge is -2.00. The smallest absolute Gasteiger partial charge is 0.0894 e. The van der Waals surface area contributed by atoms with Crippen LogP contribution in [0.3, 0.4) is 0 Å². The van der Waals surface area contributed by atoms with Crippen molar-refractivity contribution < 1.29 is 4.39 Å². The van der Waals surface area contributed by atoms with Crippen molar-refractivity contribution in [3.05, 3.63) is 6.42 Å². The van der Waals surface area contributed by atoms with Gasteiger partial charge in [-0.2, -0.15) is 0 Å². The summed E-state index contributed by atoms with van der Waals surface area (Å²) in [5.74, 6) is 0. The van der Waals surface area contributed by atoms with Crippen LogP contribution in [-0.2, 0) is 0 Å². The van der Waals surface area contributed by atoms with Crippen LogP contribution in [0, 0.1) is 6.42 Å². The maximum atomic E-state index is 11.7. The molecule has 0 unspecified atom stereocenters. The van der Waals surface area contributed by atoms with Crippen molar-refractivity contribution in [2.24, 2.45) is 0 Å². The minimum Gasteiger partial charge on any atom is -0.251 e. The van der Waals surface area contributed by atoms with Crippen molar-refractivity contribution in [3.63, 3.8) is 0 Å². The van der Waals surface area contributed by atoms with E-state index in [1.807, 2.05) is 0 Å². The van der Waals surface area contributed by atoms with Gasteiger partial charge >= 0.3 is 0 Å². The number of halogens is 1. The lowest BCUT2D eigenvalue weighted by molar-refractivity contribution is 0.468. The fourth-order valence-electron chi connectivity index (χ4n) is 1.61. The molecule has 0 saturated carbocycles. The Morgan fingerprint density at radius 1 is 0.786 bits per heavy atom. The average Bonchev–Trinajstić information content (AvgIpc) is 2.21. The van der Waals surface area contributed by atoms with Gasteiger partial charge in [-0.3, -0.25) is 4.39 Å². The number of unbranched alkanes of at least 4 members (excludes halogenated alkanes) is 10. The molecule has 0 aromatic carbocycles. The molecule has 0 aliphatic rings. The Labute approximate surface area is 89.3 Å². The van der Waals surface area contributed by atoms with Crippen LogP contribution in [0.15, 0.2) is 0 Å². The van der Waals surface area contributed by atoms with Crippen LogP contribution in [0.5, 0.6) is 0 Å². The second kappa shape index (κ2) is 12.9. The van der Waals surface area contributed by atoms with Crippen molar-refractivity contribution in [2.45, 2.75) is 71.1 Å². The highest BCUT2D eigenvalue weighted by molar-refractivity contribution is 4.63. The van der Waals surface area contributed by atoms with Gasteiger partial charge in [0.2, 0.25) is 0 Å². The molecule has 0 N–H and O–H groups in total. The lowest BCUT2D eigenvalue weighted by Crippen LogP contribution is -1.83. The van der Waals surface area contributed by atoms with Crippen LogP contribution >= 0.6 is 0 Å². The van der Waals surface area contributed by atoms with Gasteiger partial charge in [-0.1, -0.05) is 58.3 Å². The van der Waals surface area contributed by atoms with Gasteiger partial charge < -0.3 is 0 Å². The monoisotopic (exact) mass is 201 g/mol. The molecule has 0 amide bonds. The van der Waals surface area contributed by atoms with Crippen LogP contribution in [-0.4, -0.2) is 6.67 Å². The van der Waals surface area contributed by atoms with E-state index in [1.54, 1.807) is 0 Å². The Kier molecular flexibility index (Phi) is 12.9. The third-order valence-electron chi connectivity index (χ3n) is 2.55. The summed E-state index contributed by atoms with van der Waals surface area (Å²) >= 11 is 0. The highest BCUT2D eigenvalue weighted by atomic mass is 19.1. The third-order valence-corrected chi connectivity index (χ3v) is 2.55. The van der Waals surface area contributed by atoms with Crippen LogP contribution < -0.4 is 0 Å². The van der Waals surface area contributed by atoms with E-state index in [-0.39, 0.29) is 6.67 Å².